The summed E-state index contributed by atoms with van der Waals surface area (Å²) in [6.07, 6.45) is 3.01. The van der Waals surface area contributed by atoms with Crippen LogP contribution in [0.1, 0.15) is 44.8 Å². The highest BCUT2D eigenvalue weighted by Crippen LogP contribution is 2.26. The van der Waals surface area contributed by atoms with Crippen LogP contribution in [0.15, 0.2) is 30.3 Å². The molecule has 3 unspecified atom stereocenters. The van der Waals surface area contributed by atoms with E-state index in [0.29, 0.717) is 5.92 Å². The summed E-state index contributed by atoms with van der Waals surface area (Å²) < 4.78 is 0. The van der Waals surface area contributed by atoms with Crippen LogP contribution in [-0.2, 0) is 0 Å². The van der Waals surface area contributed by atoms with Gasteiger partial charge >= 0.3 is 0 Å². The van der Waals surface area contributed by atoms with Gasteiger partial charge in [0.05, 0.1) is 6.10 Å². The second-order valence-corrected chi connectivity index (χ2v) is 4.63. The first kappa shape index (κ1) is 14.2. The zero-order chi connectivity index (χ0) is 12.7. The van der Waals surface area contributed by atoms with Crippen molar-refractivity contribution in [2.45, 2.75) is 45.3 Å². The molecule has 1 rings (SSSR count). The molecule has 1 aromatic carbocycles. The van der Waals surface area contributed by atoms with Gasteiger partial charge in [-0.05, 0) is 24.9 Å². The summed E-state index contributed by atoms with van der Waals surface area (Å²) >= 11 is 0. The summed E-state index contributed by atoms with van der Waals surface area (Å²) in [4.78, 5) is 0. The molecule has 0 saturated heterocycles. The molecule has 0 spiro atoms. The monoisotopic (exact) mass is 235 g/mol. The first-order valence-corrected chi connectivity index (χ1v) is 6.64. The first-order valence-electron chi connectivity index (χ1n) is 6.64. The summed E-state index contributed by atoms with van der Waals surface area (Å²) in [6, 6.07) is 10.1. The van der Waals surface area contributed by atoms with Gasteiger partial charge in [-0.2, -0.15) is 0 Å². The summed E-state index contributed by atoms with van der Waals surface area (Å²) in [7, 11) is 1.94. The van der Waals surface area contributed by atoms with Crippen molar-refractivity contribution in [1.29, 1.82) is 0 Å². The Morgan fingerprint density at radius 3 is 2.29 bits per heavy atom. The Balaban J connectivity index is 2.79. The van der Waals surface area contributed by atoms with E-state index in [4.69, 9.17) is 0 Å². The molecule has 0 bridgehead atoms. The number of benzene rings is 1. The third-order valence-corrected chi connectivity index (χ3v) is 3.51. The predicted molar refractivity (Wildman–Crippen MR) is 72.9 cm³/mol. The van der Waals surface area contributed by atoms with Crippen molar-refractivity contribution < 1.29 is 5.11 Å². The van der Waals surface area contributed by atoms with Gasteiger partial charge in [0, 0.05) is 6.04 Å². The maximum absolute atomic E-state index is 10.4. The summed E-state index contributed by atoms with van der Waals surface area (Å²) in [6.45, 7) is 4.40. The third kappa shape index (κ3) is 3.83. The molecule has 0 heterocycles. The van der Waals surface area contributed by atoms with Gasteiger partial charge in [0.15, 0.2) is 0 Å². The zero-order valence-electron chi connectivity index (χ0n) is 11.2. The average molecular weight is 235 g/mol. The number of hydrogen-bond acceptors (Lipinski definition) is 2. The molecule has 0 aliphatic heterocycles. The molecule has 2 N–H and O–H groups in total. The normalized spacial score (nSPS) is 16.5. The van der Waals surface area contributed by atoms with Crippen LogP contribution >= 0.6 is 0 Å². The Kier molecular flexibility index (Phi) is 6.23. The topological polar surface area (TPSA) is 32.3 Å². The SMILES string of the molecule is CCCC(CC)C(NC)C(O)c1ccccc1. The number of hydrogen-bond donors (Lipinski definition) is 2. The van der Waals surface area contributed by atoms with Crippen LogP contribution in [0.3, 0.4) is 0 Å². The number of likely N-dealkylation sites (N-methyl/N-ethyl adjacent to an activating group) is 1. The van der Waals surface area contributed by atoms with Gasteiger partial charge in [0.2, 0.25) is 0 Å². The van der Waals surface area contributed by atoms with Crippen molar-refractivity contribution in [3.63, 3.8) is 0 Å². The average Bonchev–Trinajstić information content (AvgIpc) is 2.39. The largest absolute Gasteiger partial charge is 0.387 e. The molecule has 3 atom stereocenters. The summed E-state index contributed by atoms with van der Waals surface area (Å²) in [5, 5.41) is 13.7. The van der Waals surface area contributed by atoms with E-state index in [1.165, 1.54) is 0 Å². The summed E-state index contributed by atoms with van der Waals surface area (Å²) in [5.74, 6) is 0.528. The van der Waals surface area contributed by atoms with Gasteiger partial charge in [0.1, 0.15) is 0 Å². The van der Waals surface area contributed by atoms with E-state index in [0.717, 1.165) is 24.8 Å². The van der Waals surface area contributed by atoms with Crippen LogP contribution in [0, 0.1) is 5.92 Å². The fraction of sp³-hybridized carbons (Fsp3) is 0.600. The van der Waals surface area contributed by atoms with Gasteiger partial charge in [-0.3, -0.25) is 0 Å². The molecule has 96 valence electrons. The van der Waals surface area contributed by atoms with E-state index < -0.39 is 6.10 Å². The molecule has 0 saturated carbocycles. The lowest BCUT2D eigenvalue weighted by atomic mass is 9.86. The van der Waals surface area contributed by atoms with Gasteiger partial charge in [0.25, 0.3) is 0 Å². The van der Waals surface area contributed by atoms with Crippen molar-refractivity contribution in [2.24, 2.45) is 5.92 Å². The van der Waals surface area contributed by atoms with E-state index >= 15 is 0 Å². The lowest BCUT2D eigenvalue weighted by Crippen LogP contribution is -2.39. The maximum Gasteiger partial charge on any atom is 0.0945 e. The Morgan fingerprint density at radius 1 is 1.18 bits per heavy atom. The molecule has 1 aromatic rings. The first-order chi connectivity index (χ1) is 8.24. The molecule has 0 aromatic heterocycles. The highest BCUT2D eigenvalue weighted by Gasteiger charge is 2.26. The highest BCUT2D eigenvalue weighted by atomic mass is 16.3. The number of nitrogens with one attached hydrogen (secondary N) is 1. The standard InChI is InChI=1S/C15H25NO/c1-4-9-12(5-2)14(16-3)15(17)13-10-7-6-8-11-13/h6-8,10-12,14-17H,4-5,9H2,1-3H3. The second kappa shape index (κ2) is 7.46. The predicted octanol–water partition coefficient (Wildman–Crippen LogP) is 3.13. The molecule has 0 aliphatic carbocycles. The van der Waals surface area contributed by atoms with Gasteiger partial charge in [-0.1, -0.05) is 57.0 Å². The highest BCUT2D eigenvalue weighted by molar-refractivity contribution is 5.19. The minimum Gasteiger partial charge on any atom is -0.387 e. The van der Waals surface area contributed by atoms with Crippen LogP contribution < -0.4 is 5.32 Å². The Bertz CT molecular complexity index is 299. The number of aliphatic hydroxyl groups excluding tert-OH is 1. The van der Waals surface area contributed by atoms with E-state index in [2.05, 4.69) is 19.2 Å². The molecule has 0 aliphatic rings. The lowest BCUT2D eigenvalue weighted by molar-refractivity contribution is 0.0961. The molecular weight excluding hydrogens is 210 g/mol. The van der Waals surface area contributed by atoms with Crippen molar-refractivity contribution in [3.05, 3.63) is 35.9 Å². The molecule has 2 heteroatoms. The smallest absolute Gasteiger partial charge is 0.0945 e. The minimum absolute atomic E-state index is 0.141. The van der Waals surface area contributed by atoms with Crippen LogP contribution in [0.5, 0.6) is 0 Å². The molecule has 0 fully saturated rings. The Morgan fingerprint density at radius 2 is 1.82 bits per heavy atom. The summed E-state index contributed by atoms with van der Waals surface area (Å²) in [5.41, 5.74) is 1.00. The van der Waals surface area contributed by atoms with Gasteiger partial charge in [-0.25, -0.2) is 0 Å². The Labute approximate surface area is 105 Å². The van der Waals surface area contributed by atoms with E-state index in [-0.39, 0.29) is 6.04 Å². The van der Waals surface area contributed by atoms with Crippen LogP contribution in [0.25, 0.3) is 0 Å². The quantitative estimate of drug-likeness (QED) is 0.761. The molecule has 0 amide bonds. The fourth-order valence-corrected chi connectivity index (χ4v) is 2.52. The number of rotatable bonds is 7. The maximum atomic E-state index is 10.4. The third-order valence-electron chi connectivity index (χ3n) is 3.51. The van der Waals surface area contributed by atoms with Crippen LogP contribution in [-0.4, -0.2) is 18.2 Å². The van der Waals surface area contributed by atoms with Gasteiger partial charge in [-0.15, -0.1) is 0 Å². The van der Waals surface area contributed by atoms with Crippen molar-refractivity contribution in [2.75, 3.05) is 7.05 Å². The number of aliphatic hydroxyl groups is 1. The van der Waals surface area contributed by atoms with Crippen molar-refractivity contribution in [1.82, 2.24) is 5.32 Å². The van der Waals surface area contributed by atoms with E-state index in [1.54, 1.807) is 0 Å². The minimum atomic E-state index is -0.419. The molecule has 0 radical (unpaired) electrons. The second-order valence-electron chi connectivity index (χ2n) is 4.63. The van der Waals surface area contributed by atoms with Crippen molar-refractivity contribution >= 4 is 0 Å². The van der Waals surface area contributed by atoms with Crippen molar-refractivity contribution in [3.8, 4) is 0 Å². The Hall–Kier alpha value is -0.860. The zero-order valence-corrected chi connectivity index (χ0v) is 11.2. The van der Waals surface area contributed by atoms with E-state index in [1.807, 2.05) is 37.4 Å². The van der Waals surface area contributed by atoms with E-state index in [9.17, 15) is 5.11 Å². The molecular formula is C15H25NO. The molecule has 2 nitrogen and oxygen atoms in total. The lowest BCUT2D eigenvalue weighted by Gasteiger charge is -2.30. The van der Waals surface area contributed by atoms with Crippen LogP contribution in [0.2, 0.25) is 0 Å². The molecule has 17 heavy (non-hydrogen) atoms. The van der Waals surface area contributed by atoms with Crippen LogP contribution in [0.4, 0.5) is 0 Å². The van der Waals surface area contributed by atoms with Gasteiger partial charge < -0.3 is 10.4 Å². The fourth-order valence-electron chi connectivity index (χ4n) is 2.52.